The number of nitrogens with zero attached hydrogens (tertiary/aromatic N) is 5. The second-order valence-electron chi connectivity index (χ2n) is 6.10. The maximum absolute atomic E-state index is 6.30. The molecule has 0 spiro atoms. The Balaban J connectivity index is 2.19. The molecule has 0 saturated heterocycles. The predicted molar refractivity (Wildman–Crippen MR) is 99.3 cm³/mol. The van der Waals surface area contributed by atoms with E-state index in [1.54, 1.807) is 4.68 Å². The van der Waals surface area contributed by atoms with Gasteiger partial charge < -0.3 is 5.73 Å². The van der Waals surface area contributed by atoms with Crippen molar-refractivity contribution in [2.24, 2.45) is 0 Å². The molecule has 0 amide bonds. The summed E-state index contributed by atoms with van der Waals surface area (Å²) in [4.78, 5) is 13.0. The van der Waals surface area contributed by atoms with Gasteiger partial charge in [0.2, 0.25) is 5.95 Å². The molecule has 0 bridgehead atoms. The minimum absolute atomic E-state index is 0.138. The van der Waals surface area contributed by atoms with E-state index in [-0.39, 0.29) is 11.9 Å². The number of aryl methyl sites for hydroxylation is 1. The molecule has 6 nitrogen and oxygen atoms in total. The lowest BCUT2D eigenvalue weighted by Gasteiger charge is -2.09. The number of nitrogen functional groups attached to an aromatic ring is 1. The van der Waals surface area contributed by atoms with E-state index in [1.807, 2.05) is 20.0 Å². The summed E-state index contributed by atoms with van der Waals surface area (Å²) in [6, 6.07) is 0. The zero-order chi connectivity index (χ0) is 17.6. The van der Waals surface area contributed by atoms with Gasteiger partial charge in [0, 0.05) is 10.7 Å². The molecule has 0 fully saturated rings. The lowest BCUT2D eigenvalue weighted by molar-refractivity contribution is 0.656. The summed E-state index contributed by atoms with van der Waals surface area (Å²) in [5.41, 5.74) is 10.4. The predicted octanol–water partition coefficient (Wildman–Crippen LogP) is 4.01. The van der Waals surface area contributed by atoms with Crippen LogP contribution in [0.3, 0.4) is 0 Å². The fourth-order valence-electron chi connectivity index (χ4n) is 2.64. The van der Waals surface area contributed by atoms with Crippen LogP contribution < -0.4 is 5.73 Å². The molecule has 3 aromatic rings. The highest BCUT2D eigenvalue weighted by Gasteiger charge is 2.20. The van der Waals surface area contributed by atoms with Gasteiger partial charge in [0.15, 0.2) is 5.65 Å². The van der Waals surface area contributed by atoms with E-state index >= 15 is 0 Å². The number of hydrogen-bond donors (Lipinski definition) is 1. The topological polar surface area (TPSA) is 82.5 Å². The lowest BCUT2D eigenvalue weighted by Crippen LogP contribution is -2.08. The third kappa shape index (κ3) is 2.86. The molecule has 0 aromatic carbocycles. The van der Waals surface area contributed by atoms with Crippen molar-refractivity contribution in [3.63, 3.8) is 0 Å². The van der Waals surface area contributed by atoms with Gasteiger partial charge in [-0.3, -0.25) is 4.98 Å². The quantitative estimate of drug-likeness (QED) is 0.661. The molecule has 0 radical (unpaired) electrons. The van der Waals surface area contributed by atoms with E-state index < -0.39 is 0 Å². The number of anilines is 1. The first kappa shape index (κ1) is 17.1. The van der Waals surface area contributed by atoms with Crippen LogP contribution in [-0.2, 0) is 6.54 Å². The van der Waals surface area contributed by atoms with Crippen molar-refractivity contribution in [3.8, 4) is 0 Å². The van der Waals surface area contributed by atoms with Crippen LogP contribution in [0.1, 0.15) is 42.3 Å². The number of halogens is 2. The Labute approximate surface area is 153 Å². The van der Waals surface area contributed by atoms with E-state index in [9.17, 15) is 0 Å². The minimum Gasteiger partial charge on any atom is -0.368 e. The van der Waals surface area contributed by atoms with Gasteiger partial charge in [-0.25, -0.2) is 9.67 Å². The first-order valence-corrected chi connectivity index (χ1v) is 8.76. The molecule has 0 aliphatic rings. The number of fused-ring (bicyclic) bond motifs is 1. The van der Waals surface area contributed by atoms with Crippen LogP contribution in [0.4, 0.5) is 5.95 Å². The number of aromatic nitrogens is 5. The van der Waals surface area contributed by atoms with Crippen molar-refractivity contribution < 1.29 is 0 Å². The molecule has 0 saturated carbocycles. The van der Waals surface area contributed by atoms with Crippen molar-refractivity contribution in [1.82, 2.24) is 24.7 Å². The molecule has 3 heterocycles. The van der Waals surface area contributed by atoms with Crippen LogP contribution in [-0.4, -0.2) is 24.7 Å². The zero-order valence-electron chi connectivity index (χ0n) is 13.9. The third-order valence-electron chi connectivity index (χ3n) is 3.96. The summed E-state index contributed by atoms with van der Waals surface area (Å²) < 4.78 is 2.85. The Bertz CT molecular complexity index is 934. The van der Waals surface area contributed by atoms with Gasteiger partial charge in [0.25, 0.3) is 0 Å². The summed E-state index contributed by atoms with van der Waals surface area (Å²) >= 11 is 9.91. The molecular formula is C16H18BrClN6. The average Bonchev–Trinajstić information content (AvgIpc) is 2.87. The van der Waals surface area contributed by atoms with E-state index in [0.717, 1.165) is 32.4 Å². The Morgan fingerprint density at radius 1 is 1.29 bits per heavy atom. The minimum atomic E-state index is 0.138. The van der Waals surface area contributed by atoms with Gasteiger partial charge in [-0.1, -0.05) is 41.4 Å². The molecule has 0 unspecified atom stereocenters. The molecule has 24 heavy (non-hydrogen) atoms. The summed E-state index contributed by atoms with van der Waals surface area (Å²) in [6.07, 6.45) is 1.85. The number of rotatable bonds is 3. The summed E-state index contributed by atoms with van der Waals surface area (Å²) in [6.45, 7) is 8.66. The first-order chi connectivity index (χ1) is 11.3. The van der Waals surface area contributed by atoms with Crippen molar-refractivity contribution >= 4 is 44.5 Å². The standard InChI is InChI=1S/C16H18BrClN6/c1-7(2)13-11-14(18)21-16(19)22-15(11)24(23-13)6-10-9(4)12(17)8(3)5-20-10/h5,7H,6H2,1-4H3,(H2,19,21,22). The Kier molecular flexibility index (Phi) is 4.48. The maximum Gasteiger partial charge on any atom is 0.223 e. The van der Waals surface area contributed by atoms with Gasteiger partial charge in [0.1, 0.15) is 5.15 Å². The van der Waals surface area contributed by atoms with E-state index in [0.29, 0.717) is 17.3 Å². The van der Waals surface area contributed by atoms with E-state index in [2.05, 4.69) is 44.7 Å². The highest BCUT2D eigenvalue weighted by atomic mass is 79.9. The molecule has 3 rings (SSSR count). The van der Waals surface area contributed by atoms with Gasteiger partial charge in [0.05, 0.1) is 23.3 Å². The Morgan fingerprint density at radius 3 is 2.67 bits per heavy atom. The van der Waals surface area contributed by atoms with Crippen molar-refractivity contribution in [3.05, 3.63) is 38.3 Å². The molecule has 8 heteroatoms. The molecule has 0 atom stereocenters. The molecular weight excluding hydrogens is 392 g/mol. The van der Waals surface area contributed by atoms with Crippen LogP contribution in [0, 0.1) is 13.8 Å². The summed E-state index contributed by atoms with van der Waals surface area (Å²) in [5, 5.41) is 5.79. The van der Waals surface area contributed by atoms with Crippen LogP contribution in [0.25, 0.3) is 11.0 Å². The average molecular weight is 410 g/mol. The number of pyridine rings is 1. The third-order valence-corrected chi connectivity index (χ3v) is 5.45. The molecule has 0 aliphatic heterocycles. The zero-order valence-corrected chi connectivity index (χ0v) is 16.3. The van der Waals surface area contributed by atoms with E-state index in [1.165, 1.54) is 0 Å². The normalized spacial score (nSPS) is 11.6. The number of hydrogen-bond acceptors (Lipinski definition) is 5. The van der Waals surface area contributed by atoms with Crippen molar-refractivity contribution in [1.29, 1.82) is 0 Å². The summed E-state index contributed by atoms with van der Waals surface area (Å²) in [5.74, 6) is 0.330. The van der Waals surface area contributed by atoms with Crippen molar-refractivity contribution in [2.45, 2.75) is 40.2 Å². The molecule has 2 N–H and O–H groups in total. The molecule has 3 aromatic heterocycles. The smallest absolute Gasteiger partial charge is 0.223 e. The fraction of sp³-hybridized carbons (Fsp3) is 0.375. The van der Waals surface area contributed by atoms with Crippen LogP contribution in [0.2, 0.25) is 5.15 Å². The Hall–Kier alpha value is -1.73. The fourth-order valence-corrected chi connectivity index (χ4v) is 3.24. The van der Waals surface area contributed by atoms with Crippen LogP contribution in [0.5, 0.6) is 0 Å². The molecule has 126 valence electrons. The second kappa shape index (κ2) is 6.29. The highest BCUT2D eigenvalue weighted by molar-refractivity contribution is 9.10. The van der Waals surface area contributed by atoms with Gasteiger partial charge in [-0.05, 0) is 30.9 Å². The maximum atomic E-state index is 6.30. The first-order valence-electron chi connectivity index (χ1n) is 7.59. The number of nitrogens with two attached hydrogens (primary N) is 1. The van der Waals surface area contributed by atoms with Gasteiger partial charge in [-0.2, -0.15) is 10.1 Å². The van der Waals surface area contributed by atoms with Crippen LogP contribution >= 0.6 is 27.5 Å². The monoisotopic (exact) mass is 408 g/mol. The SMILES string of the molecule is Cc1cnc(Cn2nc(C(C)C)c3c(Cl)nc(N)nc32)c(C)c1Br. The van der Waals surface area contributed by atoms with Gasteiger partial charge in [-0.15, -0.1) is 0 Å². The molecule has 0 aliphatic carbocycles. The lowest BCUT2D eigenvalue weighted by atomic mass is 10.1. The van der Waals surface area contributed by atoms with E-state index in [4.69, 9.17) is 22.4 Å². The second-order valence-corrected chi connectivity index (χ2v) is 7.25. The van der Waals surface area contributed by atoms with Gasteiger partial charge >= 0.3 is 0 Å². The van der Waals surface area contributed by atoms with Crippen molar-refractivity contribution in [2.75, 3.05) is 5.73 Å². The summed E-state index contributed by atoms with van der Waals surface area (Å²) in [7, 11) is 0. The largest absolute Gasteiger partial charge is 0.368 e. The highest BCUT2D eigenvalue weighted by Crippen LogP contribution is 2.30. The Morgan fingerprint density at radius 2 is 2.00 bits per heavy atom. The van der Waals surface area contributed by atoms with Crippen LogP contribution in [0.15, 0.2) is 10.7 Å².